The predicted molar refractivity (Wildman–Crippen MR) is 115 cm³/mol. The van der Waals surface area contributed by atoms with Crippen molar-refractivity contribution in [1.29, 1.82) is 0 Å². The summed E-state index contributed by atoms with van der Waals surface area (Å²) < 4.78 is 26.9. The molecular weight excluding hydrogens is 423 g/mol. The molecule has 162 valence electrons. The van der Waals surface area contributed by atoms with Gasteiger partial charge in [-0.3, -0.25) is 4.79 Å². The van der Waals surface area contributed by atoms with Gasteiger partial charge in [-0.05, 0) is 17.7 Å². The maximum atomic E-state index is 15.5. The zero-order chi connectivity index (χ0) is 22.3. The van der Waals surface area contributed by atoms with Crippen molar-refractivity contribution in [3.8, 4) is 5.75 Å². The van der Waals surface area contributed by atoms with E-state index in [1.54, 1.807) is 30.3 Å². The summed E-state index contributed by atoms with van der Waals surface area (Å²) in [5.74, 6) is -0.521. The largest absolute Gasteiger partial charge is 0.478 e. The van der Waals surface area contributed by atoms with E-state index >= 15 is 4.39 Å². The summed E-state index contributed by atoms with van der Waals surface area (Å²) in [6.07, 6.45) is -1.12. The van der Waals surface area contributed by atoms with E-state index < -0.39 is 29.9 Å². The minimum absolute atomic E-state index is 0.0479. The molecule has 4 atom stereocenters. The third kappa shape index (κ3) is 3.25. The summed E-state index contributed by atoms with van der Waals surface area (Å²) in [5.41, 5.74) is 11.3. The molecule has 1 unspecified atom stereocenters. The normalized spacial score (nSPS) is 27.2. The summed E-state index contributed by atoms with van der Waals surface area (Å²) in [6, 6.07) is 12.1. The Morgan fingerprint density at radius 1 is 1.29 bits per heavy atom. The van der Waals surface area contributed by atoms with E-state index in [-0.39, 0.29) is 33.8 Å². The summed E-state index contributed by atoms with van der Waals surface area (Å²) in [5, 5.41) is 11.6. The van der Waals surface area contributed by atoms with Gasteiger partial charge in [-0.15, -0.1) is 0 Å². The topological polar surface area (TPSA) is 108 Å². The molecule has 0 saturated carbocycles. The second-order valence-corrected chi connectivity index (χ2v) is 7.86. The van der Waals surface area contributed by atoms with Crippen molar-refractivity contribution in [2.45, 2.75) is 24.0 Å². The fraction of sp³-hybridized carbons (Fsp3) is 0.261. The third-order valence-electron chi connectivity index (χ3n) is 5.84. The van der Waals surface area contributed by atoms with Gasteiger partial charge in [0, 0.05) is 41.0 Å². The lowest BCUT2D eigenvalue weighted by molar-refractivity contribution is -0.114. The maximum absolute atomic E-state index is 15.5. The van der Waals surface area contributed by atoms with Crippen molar-refractivity contribution in [1.82, 2.24) is 0 Å². The fourth-order valence-electron chi connectivity index (χ4n) is 4.28. The Labute approximate surface area is 183 Å². The average molecular weight is 445 g/mol. The van der Waals surface area contributed by atoms with Crippen LogP contribution in [-0.4, -0.2) is 36.9 Å². The van der Waals surface area contributed by atoms with Gasteiger partial charge in [0.15, 0.2) is 11.8 Å². The molecule has 6 nitrogen and oxygen atoms in total. The molecule has 1 aliphatic carbocycles. The molecule has 1 aliphatic heterocycles. The summed E-state index contributed by atoms with van der Waals surface area (Å²) in [7, 11) is 1.36. The number of hydrogen-bond acceptors (Lipinski definition) is 5. The van der Waals surface area contributed by atoms with Crippen molar-refractivity contribution >= 4 is 23.1 Å². The SMILES string of the molecule is CO[C@H]1C=CC(C(N)=O)=C(c2c(Cl)ccc3c2[C@H](O)[C@@](CN)(c2ccccc2)O3)C1F. The van der Waals surface area contributed by atoms with Crippen molar-refractivity contribution in [3.05, 3.63) is 81.9 Å². The van der Waals surface area contributed by atoms with Crippen LogP contribution in [0.3, 0.4) is 0 Å². The van der Waals surface area contributed by atoms with Crippen LogP contribution in [0.5, 0.6) is 5.75 Å². The Balaban J connectivity index is 1.96. The number of aliphatic hydroxyl groups is 1. The van der Waals surface area contributed by atoms with Crippen LogP contribution in [0.1, 0.15) is 22.8 Å². The number of nitrogens with two attached hydrogens (primary N) is 2. The number of ether oxygens (including phenoxy) is 2. The number of carbonyl (C=O) groups excluding carboxylic acids is 1. The lowest BCUT2D eigenvalue weighted by Crippen LogP contribution is -2.42. The van der Waals surface area contributed by atoms with Crippen molar-refractivity contribution in [2.24, 2.45) is 11.5 Å². The Kier molecular flexibility index (Phi) is 5.61. The number of aliphatic hydroxyl groups excluding tert-OH is 1. The number of hydrogen-bond donors (Lipinski definition) is 3. The molecule has 2 aromatic rings. The number of fused-ring (bicyclic) bond motifs is 1. The zero-order valence-electron chi connectivity index (χ0n) is 16.7. The smallest absolute Gasteiger partial charge is 0.249 e. The van der Waals surface area contributed by atoms with E-state index in [1.165, 1.54) is 25.3 Å². The average Bonchev–Trinajstić information content (AvgIpc) is 3.07. The molecule has 0 spiro atoms. The second-order valence-electron chi connectivity index (χ2n) is 7.45. The monoisotopic (exact) mass is 444 g/mol. The van der Waals surface area contributed by atoms with Crippen LogP contribution in [0.15, 0.2) is 60.2 Å². The van der Waals surface area contributed by atoms with Gasteiger partial charge in [-0.25, -0.2) is 4.39 Å². The predicted octanol–water partition coefficient (Wildman–Crippen LogP) is 2.78. The first-order valence-corrected chi connectivity index (χ1v) is 10.1. The molecule has 0 aromatic heterocycles. The van der Waals surface area contributed by atoms with Gasteiger partial charge in [0.1, 0.15) is 18.0 Å². The first-order valence-electron chi connectivity index (χ1n) is 9.70. The molecule has 2 aromatic carbocycles. The molecule has 5 N–H and O–H groups in total. The van der Waals surface area contributed by atoms with Crippen LogP contribution in [0.25, 0.3) is 5.57 Å². The first-order chi connectivity index (χ1) is 14.9. The molecule has 4 rings (SSSR count). The van der Waals surface area contributed by atoms with Crippen molar-refractivity contribution in [3.63, 3.8) is 0 Å². The van der Waals surface area contributed by atoms with Gasteiger partial charge in [-0.2, -0.15) is 0 Å². The van der Waals surface area contributed by atoms with Gasteiger partial charge >= 0.3 is 0 Å². The number of primary amides is 1. The molecule has 1 amide bonds. The van der Waals surface area contributed by atoms with Gasteiger partial charge in [0.2, 0.25) is 5.91 Å². The lowest BCUT2D eigenvalue weighted by Gasteiger charge is -2.32. The van der Waals surface area contributed by atoms with E-state index in [4.69, 9.17) is 32.5 Å². The van der Waals surface area contributed by atoms with Crippen LogP contribution in [-0.2, 0) is 15.1 Å². The van der Waals surface area contributed by atoms with Crippen molar-refractivity contribution < 1.29 is 23.8 Å². The highest BCUT2D eigenvalue weighted by Crippen LogP contribution is 2.53. The van der Waals surface area contributed by atoms with Crippen LogP contribution in [0, 0.1) is 0 Å². The van der Waals surface area contributed by atoms with E-state index in [1.807, 2.05) is 6.07 Å². The number of alkyl halides is 1. The Bertz CT molecular complexity index is 1090. The van der Waals surface area contributed by atoms with Gasteiger partial charge in [0.25, 0.3) is 0 Å². The summed E-state index contributed by atoms with van der Waals surface area (Å²) in [6.45, 7) is -0.0503. The minimum Gasteiger partial charge on any atom is -0.478 e. The van der Waals surface area contributed by atoms with E-state index in [2.05, 4.69) is 0 Å². The van der Waals surface area contributed by atoms with E-state index in [0.717, 1.165) is 0 Å². The Hall–Kier alpha value is -2.71. The fourth-order valence-corrected chi connectivity index (χ4v) is 4.54. The van der Waals surface area contributed by atoms with E-state index in [9.17, 15) is 9.90 Å². The molecule has 31 heavy (non-hydrogen) atoms. The number of halogens is 2. The molecule has 0 fully saturated rings. The van der Waals surface area contributed by atoms with Gasteiger partial charge in [0.05, 0.1) is 0 Å². The molecule has 8 heteroatoms. The van der Waals surface area contributed by atoms with Crippen LogP contribution in [0.2, 0.25) is 5.02 Å². The summed E-state index contributed by atoms with van der Waals surface area (Å²) >= 11 is 6.50. The molecule has 0 saturated heterocycles. The van der Waals surface area contributed by atoms with Crippen LogP contribution >= 0.6 is 11.6 Å². The molecule has 0 radical (unpaired) electrons. The number of methoxy groups -OCH3 is 1. The Morgan fingerprint density at radius 3 is 2.61 bits per heavy atom. The van der Waals surface area contributed by atoms with Gasteiger partial charge in [-0.1, -0.05) is 54.1 Å². The highest BCUT2D eigenvalue weighted by Gasteiger charge is 2.51. The number of rotatable bonds is 5. The standard InChI is InChI=1S/C23H22ClFN2O4/c1-30-16-9-7-13(22(27)29)17(20(16)25)18-14(24)8-10-15-19(18)21(28)23(11-26,31-15)12-5-3-2-4-6-12/h2-10,16,20-21,28H,11,26H2,1H3,(H2,27,29)/t16-,20?,21-,23+/m0/s1. The number of carbonyl (C=O) groups is 1. The highest BCUT2D eigenvalue weighted by molar-refractivity contribution is 6.33. The Morgan fingerprint density at radius 2 is 2.00 bits per heavy atom. The molecular formula is C23H22ClFN2O4. The second kappa shape index (κ2) is 8.09. The molecule has 1 heterocycles. The molecule has 2 aliphatic rings. The highest BCUT2D eigenvalue weighted by atomic mass is 35.5. The van der Waals surface area contributed by atoms with E-state index in [0.29, 0.717) is 11.3 Å². The quantitative estimate of drug-likeness (QED) is 0.657. The van der Waals surface area contributed by atoms with Gasteiger partial charge < -0.3 is 26.0 Å². The number of amides is 1. The summed E-state index contributed by atoms with van der Waals surface area (Å²) in [4.78, 5) is 12.1. The van der Waals surface area contributed by atoms with Crippen molar-refractivity contribution in [2.75, 3.05) is 13.7 Å². The van der Waals surface area contributed by atoms with Crippen LogP contribution in [0.4, 0.5) is 4.39 Å². The zero-order valence-corrected chi connectivity index (χ0v) is 17.5. The first kappa shape index (κ1) is 21.5. The third-order valence-corrected chi connectivity index (χ3v) is 6.16. The minimum atomic E-state index is -1.74. The maximum Gasteiger partial charge on any atom is 0.249 e. The number of benzene rings is 2. The van der Waals surface area contributed by atoms with Crippen LogP contribution < -0.4 is 16.2 Å². The molecule has 0 bridgehead atoms. The lowest BCUT2D eigenvalue weighted by atomic mass is 9.80.